The van der Waals surface area contributed by atoms with Crippen molar-refractivity contribution in [1.29, 1.82) is 5.26 Å². The molecule has 0 saturated heterocycles. The number of carbonyl (C=O) groups is 1. The zero-order chi connectivity index (χ0) is 31.1. The zero-order valence-corrected chi connectivity index (χ0v) is 23.9. The summed E-state index contributed by atoms with van der Waals surface area (Å²) in [7, 11) is 1.28. The highest BCUT2D eigenvalue weighted by Crippen LogP contribution is 2.40. The zero-order valence-electron chi connectivity index (χ0n) is 23.9. The lowest BCUT2D eigenvalue weighted by molar-refractivity contribution is -0.137. The van der Waals surface area contributed by atoms with Gasteiger partial charge in [-0.3, -0.25) is 14.6 Å². The Morgan fingerprint density at radius 3 is 2.53 bits per heavy atom. The molecule has 1 atom stereocenters. The second-order valence-electron chi connectivity index (χ2n) is 10.2. The van der Waals surface area contributed by atoms with Gasteiger partial charge in [-0.15, -0.1) is 0 Å². The van der Waals surface area contributed by atoms with Gasteiger partial charge in [0.25, 0.3) is 11.5 Å². The van der Waals surface area contributed by atoms with Crippen molar-refractivity contribution in [2.24, 2.45) is 7.05 Å². The van der Waals surface area contributed by atoms with Crippen LogP contribution in [0.5, 0.6) is 5.75 Å². The highest BCUT2D eigenvalue weighted by molar-refractivity contribution is 5.99. The molecular formula is C30H28F3N7O3. The molecule has 222 valence electrons. The maximum Gasteiger partial charge on any atom is 0.418 e. The minimum Gasteiger partial charge on any atom is -0.492 e. The average Bonchev–Trinajstić information content (AvgIpc) is 3.37. The van der Waals surface area contributed by atoms with Crippen molar-refractivity contribution in [2.75, 3.05) is 13.2 Å². The number of carbonyl (C=O) groups excluding carboxylic acids is 1. The smallest absolute Gasteiger partial charge is 0.418 e. The van der Waals surface area contributed by atoms with Crippen LogP contribution in [0.1, 0.15) is 64.0 Å². The number of halogens is 3. The Hall–Kier alpha value is -4.99. The molecule has 10 nitrogen and oxygen atoms in total. The topological polar surface area (TPSA) is 119 Å². The number of hydrogen-bond acceptors (Lipinski definition) is 7. The lowest BCUT2D eigenvalue weighted by Gasteiger charge is -2.35. The van der Waals surface area contributed by atoms with Crippen LogP contribution in [0.3, 0.4) is 0 Å². The molecule has 13 heteroatoms. The standard InChI is InChI=1S/C30H28F3N7O3/c1-5-43-26-13-25(36-15-20(26)14-34)17(2)40-8-6-21-22(28-24(30(31,32)33)12-27(41)38(4)37-28)10-19(11-23(21)29(40)42)16-39-9-7-35-18(39)3/h7,9-13,15,17H,5-6,8,16H2,1-4H3. The van der Waals surface area contributed by atoms with Gasteiger partial charge in [0, 0.05) is 62.0 Å². The molecule has 1 aromatic carbocycles. The van der Waals surface area contributed by atoms with E-state index in [0.29, 0.717) is 41.1 Å². The lowest BCUT2D eigenvalue weighted by Crippen LogP contribution is -2.40. The minimum atomic E-state index is -4.85. The SMILES string of the molecule is CCOc1cc(C(C)N2CCc3c(cc(Cn4ccnc4C)cc3-c3nn(C)c(=O)cc3C(F)(F)F)C2=O)ncc1C#N. The highest BCUT2D eigenvalue weighted by atomic mass is 19.4. The van der Waals surface area contributed by atoms with Crippen molar-refractivity contribution < 1.29 is 22.7 Å². The number of ether oxygens (including phenoxy) is 1. The van der Waals surface area contributed by atoms with Crippen LogP contribution in [0.4, 0.5) is 13.2 Å². The number of amides is 1. The molecule has 0 radical (unpaired) electrons. The van der Waals surface area contributed by atoms with Crippen LogP contribution in [-0.2, 0) is 26.2 Å². The molecule has 0 spiro atoms. The number of fused-ring (bicyclic) bond motifs is 1. The summed E-state index contributed by atoms with van der Waals surface area (Å²) in [6.07, 6.45) is 0.135. The summed E-state index contributed by atoms with van der Waals surface area (Å²) in [5.41, 5.74) is -0.342. The number of pyridine rings is 1. The molecule has 1 aliphatic rings. The average molecular weight is 592 g/mol. The summed E-state index contributed by atoms with van der Waals surface area (Å²) in [4.78, 5) is 36.5. The Morgan fingerprint density at radius 2 is 1.88 bits per heavy atom. The summed E-state index contributed by atoms with van der Waals surface area (Å²) in [6, 6.07) is 6.96. The molecule has 4 aromatic rings. The second kappa shape index (κ2) is 11.4. The van der Waals surface area contributed by atoms with E-state index in [4.69, 9.17) is 4.74 Å². The van der Waals surface area contributed by atoms with E-state index < -0.39 is 29.0 Å². The Kier molecular flexibility index (Phi) is 7.79. The molecule has 1 unspecified atom stereocenters. The fourth-order valence-electron chi connectivity index (χ4n) is 5.27. The van der Waals surface area contributed by atoms with E-state index in [1.165, 1.54) is 13.2 Å². The van der Waals surface area contributed by atoms with Gasteiger partial charge < -0.3 is 14.2 Å². The largest absolute Gasteiger partial charge is 0.492 e. The number of alkyl halides is 3. The van der Waals surface area contributed by atoms with Gasteiger partial charge in [-0.2, -0.15) is 23.5 Å². The van der Waals surface area contributed by atoms with Crippen molar-refractivity contribution in [2.45, 2.75) is 46.0 Å². The van der Waals surface area contributed by atoms with Gasteiger partial charge in [0.2, 0.25) is 0 Å². The molecule has 0 fully saturated rings. The van der Waals surface area contributed by atoms with Gasteiger partial charge in [0.15, 0.2) is 0 Å². The third-order valence-corrected chi connectivity index (χ3v) is 7.54. The van der Waals surface area contributed by atoms with E-state index in [9.17, 15) is 28.0 Å². The van der Waals surface area contributed by atoms with E-state index >= 15 is 0 Å². The molecule has 1 aliphatic heterocycles. The van der Waals surface area contributed by atoms with E-state index in [0.717, 1.165) is 4.68 Å². The summed E-state index contributed by atoms with van der Waals surface area (Å²) in [5.74, 6) is 0.656. The predicted molar refractivity (Wildman–Crippen MR) is 149 cm³/mol. The van der Waals surface area contributed by atoms with E-state index in [1.807, 2.05) is 10.6 Å². The number of nitrogens with zero attached hydrogens (tertiary/aromatic N) is 7. The monoisotopic (exact) mass is 591 g/mol. The van der Waals surface area contributed by atoms with Crippen LogP contribution in [0.2, 0.25) is 0 Å². The molecule has 1 amide bonds. The summed E-state index contributed by atoms with van der Waals surface area (Å²) in [6.45, 7) is 6.16. The number of aromatic nitrogens is 5. The number of hydrogen-bond donors (Lipinski definition) is 0. The summed E-state index contributed by atoms with van der Waals surface area (Å²) < 4.78 is 50.9. The maximum absolute atomic E-state index is 14.2. The molecule has 0 bridgehead atoms. The Labute approximate surface area is 245 Å². The molecule has 0 N–H and O–H groups in total. The Morgan fingerprint density at radius 1 is 1.14 bits per heavy atom. The quantitative estimate of drug-likeness (QED) is 0.312. The molecule has 0 saturated carbocycles. The van der Waals surface area contributed by atoms with Gasteiger partial charge in [-0.25, -0.2) is 9.67 Å². The molecular weight excluding hydrogens is 563 g/mol. The number of benzene rings is 1. The molecule has 3 aromatic heterocycles. The number of aryl methyl sites for hydroxylation is 2. The van der Waals surface area contributed by atoms with Crippen LogP contribution in [0, 0.1) is 18.3 Å². The number of nitriles is 1. The van der Waals surface area contributed by atoms with Crippen molar-refractivity contribution in [1.82, 2.24) is 29.2 Å². The summed E-state index contributed by atoms with van der Waals surface area (Å²) >= 11 is 0. The van der Waals surface area contributed by atoms with Crippen LogP contribution >= 0.6 is 0 Å². The van der Waals surface area contributed by atoms with Crippen molar-refractivity contribution in [3.63, 3.8) is 0 Å². The van der Waals surface area contributed by atoms with Gasteiger partial charge in [-0.05, 0) is 50.5 Å². The minimum absolute atomic E-state index is 0.143. The second-order valence-corrected chi connectivity index (χ2v) is 10.2. The van der Waals surface area contributed by atoms with E-state index in [1.54, 1.807) is 56.3 Å². The molecule has 4 heterocycles. The van der Waals surface area contributed by atoms with Crippen LogP contribution in [0.15, 0.2) is 47.7 Å². The first-order valence-electron chi connectivity index (χ1n) is 13.6. The van der Waals surface area contributed by atoms with Gasteiger partial charge >= 0.3 is 6.18 Å². The van der Waals surface area contributed by atoms with Crippen molar-refractivity contribution >= 4 is 5.91 Å². The predicted octanol–water partition coefficient (Wildman–Crippen LogP) is 4.44. The fraction of sp³-hybridized carbons (Fsp3) is 0.333. The normalized spacial score (nSPS) is 13.9. The van der Waals surface area contributed by atoms with E-state index in [2.05, 4.69) is 15.1 Å². The van der Waals surface area contributed by atoms with Crippen LogP contribution in [0.25, 0.3) is 11.3 Å². The van der Waals surface area contributed by atoms with Crippen molar-refractivity contribution in [3.8, 4) is 23.1 Å². The molecule has 5 rings (SSSR count). The lowest BCUT2D eigenvalue weighted by atomic mass is 9.88. The third kappa shape index (κ3) is 5.60. The highest BCUT2D eigenvalue weighted by Gasteiger charge is 2.38. The van der Waals surface area contributed by atoms with Gasteiger partial charge in [-0.1, -0.05) is 0 Å². The third-order valence-electron chi connectivity index (χ3n) is 7.54. The first-order valence-corrected chi connectivity index (χ1v) is 13.6. The first kappa shape index (κ1) is 29.5. The van der Waals surface area contributed by atoms with Gasteiger partial charge in [0.1, 0.15) is 28.9 Å². The molecule has 43 heavy (non-hydrogen) atoms. The number of imidazole rings is 1. The van der Waals surface area contributed by atoms with E-state index in [-0.39, 0.29) is 42.1 Å². The number of rotatable bonds is 7. The van der Waals surface area contributed by atoms with Gasteiger partial charge in [0.05, 0.1) is 23.9 Å². The van der Waals surface area contributed by atoms with Crippen LogP contribution < -0.4 is 10.3 Å². The maximum atomic E-state index is 14.2. The summed E-state index contributed by atoms with van der Waals surface area (Å²) in [5, 5.41) is 13.4. The van der Waals surface area contributed by atoms with Crippen molar-refractivity contribution in [3.05, 3.63) is 92.5 Å². The van der Waals surface area contributed by atoms with Crippen LogP contribution in [-0.4, -0.2) is 48.3 Å². The Balaban J connectivity index is 1.65. The first-order chi connectivity index (χ1) is 20.4. The molecule has 0 aliphatic carbocycles. The fourth-order valence-corrected chi connectivity index (χ4v) is 5.27. The Bertz CT molecular complexity index is 1820.